The molecule has 1 aromatic rings. The number of hydrogen-bond donors (Lipinski definition) is 3. The van der Waals surface area contributed by atoms with Gasteiger partial charge in [-0.1, -0.05) is 6.07 Å². The molecule has 0 aromatic heterocycles. The van der Waals surface area contributed by atoms with Gasteiger partial charge in [0.2, 0.25) is 11.8 Å². The van der Waals surface area contributed by atoms with Crippen molar-refractivity contribution in [1.29, 1.82) is 0 Å². The molecule has 18 heavy (non-hydrogen) atoms. The van der Waals surface area contributed by atoms with Crippen LogP contribution in [0.1, 0.15) is 28.8 Å². The first-order valence-electron chi connectivity index (χ1n) is 5.91. The highest BCUT2D eigenvalue weighted by Gasteiger charge is 2.48. The van der Waals surface area contributed by atoms with Gasteiger partial charge in [-0.3, -0.25) is 9.59 Å². The number of carbonyl (C=O) groups excluding carboxylic acids is 2. The van der Waals surface area contributed by atoms with Gasteiger partial charge in [-0.2, -0.15) is 0 Å². The molecule has 0 heterocycles. The van der Waals surface area contributed by atoms with Crippen LogP contribution < -0.4 is 16.8 Å². The lowest BCUT2D eigenvalue weighted by molar-refractivity contribution is -0.120. The minimum Gasteiger partial charge on any atom is -0.366 e. The van der Waals surface area contributed by atoms with Gasteiger partial charge in [0.15, 0.2) is 0 Å². The first kappa shape index (κ1) is 12.6. The molecule has 5 nitrogen and oxygen atoms in total. The van der Waals surface area contributed by atoms with Crippen molar-refractivity contribution in [3.8, 4) is 0 Å². The molecule has 5 heteroatoms. The molecule has 2 amide bonds. The second kappa shape index (κ2) is 4.42. The molecule has 2 rings (SSSR count). The van der Waals surface area contributed by atoms with Crippen molar-refractivity contribution in [3.05, 3.63) is 29.3 Å². The Hall–Kier alpha value is -1.88. The van der Waals surface area contributed by atoms with Gasteiger partial charge in [-0.15, -0.1) is 0 Å². The number of nitrogens with one attached hydrogen (secondary N) is 1. The highest BCUT2D eigenvalue weighted by atomic mass is 16.2. The van der Waals surface area contributed by atoms with E-state index in [4.69, 9.17) is 11.5 Å². The Bertz CT molecular complexity index is 507. The maximum absolute atomic E-state index is 12.1. The zero-order chi connectivity index (χ0) is 13.3. The van der Waals surface area contributed by atoms with Crippen molar-refractivity contribution in [3.63, 3.8) is 0 Å². The molecule has 1 aliphatic carbocycles. The monoisotopic (exact) mass is 247 g/mol. The van der Waals surface area contributed by atoms with E-state index in [1.807, 2.05) is 0 Å². The van der Waals surface area contributed by atoms with Crippen molar-refractivity contribution in [2.75, 3.05) is 11.9 Å². The van der Waals surface area contributed by atoms with Gasteiger partial charge in [-0.25, -0.2) is 0 Å². The Labute approximate surface area is 106 Å². The molecule has 0 unspecified atom stereocenters. The molecule has 0 radical (unpaired) electrons. The summed E-state index contributed by atoms with van der Waals surface area (Å²) in [6.45, 7) is 2.12. The quantitative estimate of drug-likeness (QED) is 0.733. The molecule has 0 atom stereocenters. The molecule has 1 aromatic carbocycles. The van der Waals surface area contributed by atoms with Crippen LogP contribution in [-0.4, -0.2) is 18.4 Å². The Morgan fingerprint density at radius 2 is 2.06 bits per heavy atom. The highest BCUT2D eigenvalue weighted by molar-refractivity contribution is 6.01. The zero-order valence-corrected chi connectivity index (χ0v) is 10.3. The van der Waals surface area contributed by atoms with E-state index in [0.717, 1.165) is 12.8 Å². The van der Waals surface area contributed by atoms with Gasteiger partial charge >= 0.3 is 0 Å². The van der Waals surface area contributed by atoms with Gasteiger partial charge in [-0.05, 0) is 37.5 Å². The molecule has 5 N–H and O–H groups in total. The number of hydrogen-bond acceptors (Lipinski definition) is 3. The van der Waals surface area contributed by atoms with Gasteiger partial charge in [0.05, 0.1) is 5.41 Å². The molecule has 1 fully saturated rings. The van der Waals surface area contributed by atoms with Gasteiger partial charge in [0.25, 0.3) is 0 Å². The van der Waals surface area contributed by atoms with Crippen LogP contribution in [0.15, 0.2) is 18.2 Å². The largest absolute Gasteiger partial charge is 0.366 e. The summed E-state index contributed by atoms with van der Waals surface area (Å²) in [6, 6.07) is 5.10. The highest BCUT2D eigenvalue weighted by Crippen LogP contribution is 2.45. The molecule has 0 spiro atoms. The van der Waals surface area contributed by atoms with Crippen LogP contribution in [0.4, 0.5) is 5.69 Å². The Balaban J connectivity index is 2.22. The number of nitrogens with two attached hydrogens (primary N) is 2. The normalized spacial score (nSPS) is 16.1. The molecule has 1 aliphatic rings. The summed E-state index contributed by atoms with van der Waals surface area (Å²) in [5.74, 6) is -0.571. The summed E-state index contributed by atoms with van der Waals surface area (Å²) in [7, 11) is 0. The standard InChI is InChI=1S/C13H17N3O2/c1-8-9(11(15)17)3-2-4-10(8)16-12(18)13(7-14)5-6-13/h2-4H,5-7,14H2,1H3,(H2,15,17)(H,16,18). The summed E-state index contributed by atoms with van der Waals surface area (Å²) in [5.41, 5.74) is 12.2. The second-order valence-electron chi connectivity index (χ2n) is 4.78. The predicted molar refractivity (Wildman–Crippen MR) is 69.0 cm³/mol. The van der Waals surface area contributed by atoms with Crippen LogP contribution in [0, 0.1) is 12.3 Å². The van der Waals surface area contributed by atoms with Gasteiger partial charge in [0, 0.05) is 17.8 Å². The lowest BCUT2D eigenvalue weighted by Gasteiger charge is -2.15. The van der Waals surface area contributed by atoms with E-state index < -0.39 is 11.3 Å². The Morgan fingerprint density at radius 3 is 2.56 bits per heavy atom. The van der Waals surface area contributed by atoms with Crippen molar-refractivity contribution < 1.29 is 9.59 Å². The third-order valence-corrected chi connectivity index (χ3v) is 3.57. The van der Waals surface area contributed by atoms with E-state index in [0.29, 0.717) is 23.4 Å². The third kappa shape index (κ3) is 2.09. The number of anilines is 1. The fourth-order valence-corrected chi connectivity index (χ4v) is 1.97. The van der Waals surface area contributed by atoms with E-state index in [1.54, 1.807) is 25.1 Å². The summed E-state index contributed by atoms with van der Waals surface area (Å²) in [6.07, 6.45) is 1.65. The Kier molecular flexibility index (Phi) is 3.09. The van der Waals surface area contributed by atoms with E-state index in [-0.39, 0.29) is 5.91 Å². The number of benzene rings is 1. The smallest absolute Gasteiger partial charge is 0.249 e. The van der Waals surface area contributed by atoms with E-state index in [1.165, 1.54) is 0 Å². The molecule has 1 saturated carbocycles. The first-order chi connectivity index (χ1) is 8.50. The summed E-state index contributed by atoms with van der Waals surface area (Å²) >= 11 is 0. The number of primary amides is 1. The van der Waals surface area contributed by atoms with E-state index >= 15 is 0 Å². The first-order valence-corrected chi connectivity index (χ1v) is 5.91. The van der Waals surface area contributed by atoms with Crippen LogP contribution in [-0.2, 0) is 4.79 Å². The average Bonchev–Trinajstić information content (AvgIpc) is 3.12. The SMILES string of the molecule is Cc1c(NC(=O)C2(CN)CC2)cccc1C(N)=O. The van der Waals surface area contributed by atoms with Crippen molar-refractivity contribution in [2.24, 2.45) is 16.9 Å². The van der Waals surface area contributed by atoms with Crippen molar-refractivity contribution in [1.82, 2.24) is 0 Å². The van der Waals surface area contributed by atoms with Crippen LogP contribution in [0.2, 0.25) is 0 Å². The Morgan fingerprint density at radius 1 is 1.39 bits per heavy atom. The molecular formula is C13H17N3O2. The van der Waals surface area contributed by atoms with Crippen LogP contribution in [0.3, 0.4) is 0 Å². The number of carbonyl (C=O) groups is 2. The molecule has 0 saturated heterocycles. The maximum Gasteiger partial charge on any atom is 0.249 e. The third-order valence-electron chi connectivity index (χ3n) is 3.57. The number of rotatable bonds is 4. The lowest BCUT2D eigenvalue weighted by atomic mass is 10.0. The molecular weight excluding hydrogens is 230 g/mol. The fraction of sp³-hybridized carbons (Fsp3) is 0.385. The topological polar surface area (TPSA) is 98.2 Å². The summed E-state index contributed by atoms with van der Waals surface area (Å²) < 4.78 is 0. The lowest BCUT2D eigenvalue weighted by Crippen LogP contribution is -2.31. The minimum absolute atomic E-state index is 0.0743. The molecule has 96 valence electrons. The maximum atomic E-state index is 12.1. The molecule has 0 aliphatic heterocycles. The van der Waals surface area contributed by atoms with Crippen molar-refractivity contribution in [2.45, 2.75) is 19.8 Å². The van der Waals surface area contributed by atoms with E-state index in [9.17, 15) is 9.59 Å². The zero-order valence-electron chi connectivity index (χ0n) is 10.3. The van der Waals surface area contributed by atoms with Gasteiger partial charge in [0.1, 0.15) is 0 Å². The summed E-state index contributed by atoms with van der Waals surface area (Å²) in [5, 5.41) is 2.83. The summed E-state index contributed by atoms with van der Waals surface area (Å²) in [4.78, 5) is 23.3. The van der Waals surface area contributed by atoms with Crippen LogP contribution in [0.25, 0.3) is 0 Å². The minimum atomic E-state index is -0.497. The average molecular weight is 247 g/mol. The second-order valence-corrected chi connectivity index (χ2v) is 4.78. The molecule has 0 bridgehead atoms. The van der Waals surface area contributed by atoms with E-state index in [2.05, 4.69) is 5.32 Å². The van der Waals surface area contributed by atoms with Crippen LogP contribution >= 0.6 is 0 Å². The van der Waals surface area contributed by atoms with Crippen molar-refractivity contribution >= 4 is 17.5 Å². The van der Waals surface area contributed by atoms with Gasteiger partial charge < -0.3 is 16.8 Å². The van der Waals surface area contributed by atoms with Crippen LogP contribution in [0.5, 0.6) is 0 Å². The fourth-order valence-electron chi connectivity index (χ4n) is 1.97. The predicted octanol–water partition coefficient (Wildman–Crippen LogP) is 0.771. The number of amides is 2.